The SMILES string of the molecule is O=C(O)CN(Cc1ccccc1)C(=O)C1(NC(=O)OCC2c3ccccc3-c3ccccc32)CCN(Cc2ccccc2)C1. The second kappa shape index (κ2) is 12.7. The predicted molar refractivity (Wildman–Crippen MR) is 167 cm³/mol. The van der Waals surface area contributed by atoms with Gasteiger partial charge in [0.15, 0.2) is 0 Å². The molecule has 1 heterocycles. The number of carboxylic acids is 1. The average Bonchev–Trinajstić information content (AvgIpc) is 3.59. The molecular weight excluding hydrogens is 554 g/mol. The summed E-state index contributed by atoms with van der Waals surface area (Å²) in [6, 6.07) is 35.4. The van der Waals surface area contributed by atoms with Crippen LogP contribution in [0, 0.1) is 0 Å². The van der Waals surface area contributed by atoms with Gasteiger partial charge in [0.2, 0.25) is 0 Å². The van der Waals surface area contributed by atoms with Crippen molar-refractivity contribution in [3.8, 4) is 11.1 Å². The monoisotopic (exact) mass is 589 g/mol. The number of amides is 2. The lowest BCUT2D eigenvalue weighted by molar-refractivity contribution is -0.148. The summed E-state index contributed by atoms with van der Waals surface area (Å²) in [6.45, 7) is 1.12. The quantitative estimate of drug-likeness (QED) is 0.261. The van der Waals surface area contributed by atoms with E-state index in [9.17, 15) is 19.5 Å². The molecule has 2 amide bonds. The van der Waals surface area contributed by atoms with Gasteiger partial charge in [-0.2, -0.15) is 0 Å². The topological polar surface area (TPSA) is 99.2 Å². The second-order valence-electron chi connectivity index (χ2n) is 11.5. The first-order valence-corrected chi connectivity index (χ1v) is 14.9. The predicted octanol–water partition coefficient (Wildman–Crippen LogP) is 5.28. The highest BCUT2D eigenvalue weighted by atomic mass is 16.5. The van der Waals surface area contributed by atoms with Crippen molar-refractivity contribution in [1.29, 1.82) is 0 Å². The molecular formula is C36H35N3O5. The third kappa shape index (κ3) is 6.21. The molecule has 0 spiro atoms. The van der Waals surface area contributed by atoms with Crippen LogP contribution < -0.4 is 5.32 Å². The number of benzene rings is 4. The molecule has 2 aliphatic rings. The highest BCUT2D eigenvalue weighted by molar-refractivity contribution is 5.92. The van der Waals surface area contributed by atoms with E-state index in [2.05, 4.69) is 34.5 Å². The summed E-state index contributed by atoms with van der Waals surface area (Å²) in [7, 11) is 0. The standard InChI is InChI=1S/C36H35N3O5/c40-33(41)23-39(22-27-13-5-2-6-14-27)34(42)36(19-20-38(25-36)21-26-11-3-1-4-12-26)37-35(43)44-24-32-30-17-9-7-15-28(30)29-16-8-10-18-31(29)32/h1-18,32H,19-25H2,(H,37,43)(H,40,41). The Morgan fingerprint density at radius 2 is 1.39 bits per heavy atom. The summed E-state index contributed by atoms with van der Waals surface area (Å²) in [6.07, 6.45) is -0.370. The van der Waals surface area contributed by atoms with E-state index in [1.807, 2.05) is 84.9 Å². The number of ether oxygens (including phenoxy) is 1. The van der Waals surface area contributed by atoms with E-state index >= 15 is 0 Å². The summed E-state index contributed by atoms with van der Waals surface area (Å²) in [4.78, 5) is 43.1. The Morgan fingerprint density at radius 1 is 0.818 bits per heavy atom. The highest BCUT2D eigenvalue weighted by Gasteiger charge is 2.48. The number of aliphatic carboxylic acids is 1. The van der Waals surface area contributed by atoms with E-state index in [0.29, 0.717) is 19.5 Å². The molecule has 2 N–H and O–H groups in total. The van der Waals surface area contributed by atoms with Gasteiger partial charge in [-0.3, -0.25) is 14.5 Å². The molecule has 0 bridgehead atoms. The highest BCUT2D eigenvalue weighted by Crippen LogP contribution is 2.44. The summed E-state index contributed by atoms with van der Waals surface area (Å²) < 4.78 is 5.85. The van der Waals surface area contributed by atoms with Crippen molar-refractivity contribution in [2.75, 3.05) is 26.2 Å². The fraction of sp³-hybridized carbons (Fsp3) is 0.250. The van der Waals surface area contributed by atoms with Crippen LogP contribution in [0.4, 0.5) is 4.79 Å². The molecule has 1 fully saturated rings. The number of alkyl carbamates (subject to hydrolysis) is 1. The number of rotatable bonds is 10. The first kappa shape index (κ1) is 29.1. The van der Waals surface area contributed by atoms with Crippen molar-refractivity contribution in [3.05, 3.63) is 131 Å². The molecule has 0 aromatic heterocycles. The van der Waals surface area contributed by atoms with E-state index < -0.39 is 30.1 Å². The van der Waals surface area contributed by atoms with Crippen LogP contribution in [0.3, 0.4) is 0 Å². The number of likely N-dealkylation sites (tertiary alicyclic amines) is 1. The van der Waals surface area contributed by atoms with Crippen molar-refractivity contribution < 1.29 is 24.2 Å². The number of hydrogen-bond donors (Lipinski definition) is 2. The minimum atomic E-state index is -1.35. The molecule has 4 aromatic rings. The van der Waals surface area contributed by atoms with Gasteiger partial charge in [0.1, 0.15) is 18.7 Å². The Bertz CT molecular complexity index is 1600. The van der Waals surface area contributed by atoms with Crippen LogP contribution in [0.1, 0.15) is 34.6 Å². The van der Waals surface area contributed by atoms with Gasteiger partial charge in [-0.05, 0) is 39.8 Å². The fourth-order valence-corrected chi connectivity index (χ4v) is 6.49. The molecule has 1 saturated heterocycles. The Balaban J connectivity index is 1.23. The Labute approximate surface area is 256 Å². The summed E-state index contributed by atoms with van der Waals surface area (Å²) >= 11 is 0. The summed E-state index contributed by atoms with van der Waals surface area (Å²) in [5.74, 6) is -1.68. The van der Waals surface area contributed by atoms with Gasteiger partial charge < -0.3 is 20.1 Å². The molecule has 4 aromatic carbocycles. The van der Waals surface area contributed by atoms with Crippen LogP contribution in [0.15, 0.2) is 109 Å². The van der Waals surface area contributed by atoms with Crippen LogP contribution >= 0.6 is 0 Å². The van der Waals surface area contributed by atoms with E-state index in [1.165, 1.54) is 4.90 Å². The first-order chi connectivity index (χ1) is 21.4. The Hall–Kier alpha value is -4.95. The van der Waals surface area contributed by atoms with Gasteiger partial charge >= 0.3 is 12.1 Å². The average molecular weight is 590 g/mol. The maximum Gasteiger partial charge on any atom is 0.408 e. The van der Waals surface area contributed by atoms with E-state index in [-0.39, 0.29) is 25.6 Å². The van der Waals surface area contributed by atoms with Crippen molar-refractivity contribution in [2.24, 2.45) is 0 Å². The van der Waals surface area contributed by atoms with Gasteiger partial charge in [0.25, 0.3) is 5.91 Å². The van der Waals surface area contributed by atoms with Crippen molar-refractivity contribution in [1.82, 2.24) is 15.1 Å². The van der Waals surface area contributed by atoms with Crippen LogP contribution in [0.2, 0.25) is 0 Å². The van der Waals surface area contributed by atoms with Crippen LogP contribution in [0.25, 0.3) is 11.1 Å². The lowest BCUT2D eigenvalue weighted by Crippen LogP contribution is -2.61. The molecule has 1 unspecified atom stereocenters. The molecule has 0 radical (unpaired) electrons. The zero-order valence-electron chi connectivity index (χ0n) is 24.4. The Kier molecular flexibility index (Phi) is 8.43. The molecule has 1 aliphatic carbocycles. The third-order valence-corrected chi connectivity index (χ3v) is 8.52. The van der Waals surface area contributed by atoms with Gasteiger partial charge in [-0.25, -0.2) is 4.79 Å². The van der Waals surface area contributed by atoms with Gasteiger partial charge in [0.05, 0.1) is 0 Å². The maximum atomic E-state index is 14.3. The number of carboxylic acid groups (broad SMARTS) is 1. The summed E-state index contributed by atoms with van der Waals surface area (Å²) in [5, 5.41) is 12.6. The molecule has 0 saturated carbocycles. The van der Waals surface area contributed by atoms with Gasteiger partial charge in [0, 0.05) is 32.1 Å². The molecule has 224 valence electrons. The van der Waals surface area contributed by atoms with E-state index in [1.54, 1.807) is 0 Å². The van der Waals surface area contributed by atoms with Crippen LogP contribution in [0.5, 0.6) is 0 Å². The van der Waals surface area contributed by atoms with E-state index in [4.69, 9.17) is 4.74 Å². The van der Waals surface area contributed by atoms with Crippen molar-refractivity contribution >= 4 is 18.0 Å². The molecule has 8 nitrogen and oxygen atoms in total. The van der Waals surface area contributed by atoms with Gasteiger partial charge in [-0.1, -0.05) is 109 Å². The molecule has 44 heavy (non-hydrogen) atoms. The first-order valence-electron chi connectivity index (χ1n) is 14.9. The lowest BCUT2D eigenvalue weighted by atomic mass is 9.96. The number of nitrogens with zero attached hydrogens (tertiary/aromatic N) is 2. The number of carbonyl (C=O) groups excluding carboxylic acids is 2. The number of hydrogen-bond acceptors (Lipinski definition) is 5. The summed E-state index contributed by atoms with van der Waals surface area (Å²) in [5.41, 5.74) is 4.99. The van der Waals surface area contributed by atoms with Crippen LogP contribution in [-0.2, 0) is 27.4 Å². The van der Waals surface area contributed by atoms with Crippen molar-refractivity contribution in [3.63, 3.8) is 0 Å². The third-order valence-electron chi connectivity index (χ3n) is 8.52. The largest absolute Gasteiger partial charge is 0.480 e. The number of fused-ring (bicyclic) bond motifs is 3. The minimum Gasteiger partial charge on any atom is -0.480 e. The minimum absolute atomic E-state index is 0.110. The molecule has 1 aliphatic heterocycles. The fourth-order valence-electron chi connectivity index (χ4n) is 6.49. The number of carbonyl (C=O) groups is 3. The zero-order valence-corrected chi connectivity index (χ0v) is 24.4. The van der Waals surface area contributed by atoms with Crippen molar-refractivity contribution in [2.45, 2.75) is 31.0 Å². The van der Waals surface area contributed by atoms with E-state index in [0.717, 1.165) is 33.4 Å². The molecule has 8 heteroatoms. The number of nitrogens with one attached hydrogen (secondary N) is 1. The second-order valence-corrected chi connectivity index (χ2v) is 11.5. The molecule has 6 rings (SSSR count). The van der Waals surface area contributed by atoms with Gasteiger partial charge in [-0.15, -0.1) is 0 Å². The lowest BCUT2D eigenvalue weighted by Gasteiger charge is -2.34. The normalized spacial score (nSPS) is 17.5. The Morgan fingerprint density at radius 3 is 2.00 bits per heavy atom. The zero-order chi connectivity index (χ0) is 30.5. The molecule has 1 atom stereocenters. The van der Waals surface area contributed by atoms with Crippen LogP contribution in [-0.4, -0.2) is 64.7 Å². The maximum absolute atomic E-state index is 14.3. The smallest absolute Gasteiger partial charge is 0.408 e.